The average molecular weight is 546 g/mol. The van der Waals surface area contributed by atoms with Gasteiger partial charge in [-0.15, -0.1) is 0 Å². The van der Waals surface area contributed by atoms with Crippen LogP contribution >= 0.6 is 12.2 Å². The fourth-order valence-electron chi connectivity index (χ4n) is 5.31. The Labute approximate surface area is 232 Å². The molecule has 3 aromatic rings. The summed E-state index contributed by atoms with van der Waals surface area (Å²) in [6.45, 7) is 8.01. The number of aromatic nitrogens is 1. The normalized spacial score (nSPS) is 16.6. The number of nitro groups is 1. The highest BCUT2D eigenvalue weighted by Crippen LogP contribution is 2.34. The van der Waals surface area contributed by atoms with Crippen molar-refractivity contribution in [3.63, 3.8) is 0 Å². The number of carbonyl (C=O) groups is 1. The first-order valence-corrected chi connectivity index (χ1v) is 13.5. The van der Waals surface area contributed by atoms with Crippen LogP contribution in [0.3, 0.4) is 0 Å². The second kappa shape index (κ2) is 10.9. The molecule has 39 heavy (non-hydrogen) atoms. The first-order chi connectivity index (χ1) is 18.8. The number of rotatable bonds is 7. The molecule has 2 fully saturated rings. The van der Waals surface area contributed by atoms with Gasteiger partial charge < -0.3 is 19.5 Å². The summed E-state index contributed by atoms with van der Waals surface area (Å²) in [7, 11) is 0. The first kappa shape index (κ1) is 26.4. The third kappa shape index (κ3) is 5.12. The van der Waals surface area contributed by atoms with Crippen LogP contribution < -0.4 is 19.9 Å². The monoisotopic (exact) mass is 545 g/mol. The lowest BCUT2D eigenvalue weighted by Crippen LogP contribution is -2.30. The minimum Gasteiger partial charge on any atom is -0.494 e. The van der Waals surface area contributed by atoms with E-state index >= 15 is 0 Å². The Hall–Kier alpha value is -4.18. The molecule has 2 aliphatic rings. The maximum Gasteiger partial charge on any atom is 0.294 e. The Bertz CT molecular complexity index is 1470. The number of aryl methyl sites for hydroxylation is 1. The van der Waals surface area contributed by atoms with Crippen molar-refractivity contribution in [2.75, 3.05) is 29.5 Å². The van der Waals surface area contributed by atoms with E-state index in [0.717, 1.165) is 55.1 Å². The van der Waals surface area contributed by atoms with Gasteiger partial charge in [-0.2, -0.15) is 0 Å². The van der Waals surface area contributed by atoms with Gasteiger partial charge in [0.15, 0.2) is 5.11 Å². The molecule has 0 saturated carbocycles. The van der Waals surface area contributed by atoms with E-state index in [1.54, 1.807) is 36.4 Å². The molecule has 2 aliphatic heterocycles. The molecule has 0 spiro atoms. The predicted molar refractivity (Wildman–Crippen MR) is 157 cm³/mol. The van der Waals surface area contributed by atoms with Crippen molar-refractivity contribution >= 4 is 46.4 Å². The maximum absolute atomic E-state index is 13.3. The van der Waals surface area contributed by atoms with E-state index in [4.69, 9.17) is 17.0 Å². The molecule has 1 N–H and O–H groups in total. The van der Waals surface area contributed by atoms with Crippen molar-refractivity contribution in [3.8, 4) is 11.4 Å². The average Bonchev–Trinajstić information content (AvgIpc) is 3.37. The maximum atomic E-state index is 13.3. The van der Waals surface area contributed by atoms with Crippen LogP contribution in [0, 0.1) is 24.0 Å². The van der Waals surface area contributed by atoms with Crippen molar-refractivity contribution in [2.24, 2.45) is 0 Å². The molecule has 0 radical (unpaired) electrons. The Morgan fingerprint density at radius 2 is 1.74 bits per heavy atom. The van der Waals surface area contributed by atoms with Crippen molar-refractivity contribution in [1.29, 1.82) is 0 Å². The number of nitro benzene ring substituents is 1. The third-order valence-corrected chi connectivity index (χ3v) is 7.45. The fourth-order valence-corrected chi connectivity index (χ4v) is 5.61. The van der Waals surface area contributed by atoms with Crippen molar-refractivity contribution in [1.82, 2.24) is 9.88 Å². The summed E-state index contributed by atoms with van der Waals surface area (Å²) in [5.74, 6) is 0.467. The smallest absolute Gasteiger partial charge is 0.294 e. The molecule has 2 aromatic carbocycles. The molecule has 5 rings (SSSR count). The van der Waals surface area contributed by atoms with Crippen LogP contribution in [-0.4, -0.2) is 40.2 Å². The number of nitrogens with one attached hydrogen (secondary N) is 1. The second-order valence-electron chi connectivity index (χ2n) is 9.70. The largest absolute Gasteiger partial charge is 0.494 e. The molecular weight excluding hydrogens is 514 g/mol. The van der Waals surface area contributed by atoms with Crippen LogP contribution in [-0.2, 0) is 4.79 Å². The first-order valence-electron chi connectivity index (χ1n) is 13.1. The number of nitrogens with zero attached hydrogens (tertiary/aromatic N) is 4. The van der Waals surface area contributed by atoms with Gasteiger partial charge in [-0.05, 0) is 106 Å². The van der Waals surface area contributed by atoms with E-state index in [-0.39, 0.29) is 16.5 Å². The minimum absolute atomic E-state index is 0.103. The van der Waals surface area contributed by atoms with Crippen LogP contribution in [0.1, 0.15) is 43.1 Å². The molecule has 0 bridgehead atoms. The van der Waals surface area contributed by atoms with E-state index < -0.39 is 0 Å². The van der Waals surface area contributed by atoms with Gasteiger partial charge in [0.25, 0.3) is 11.6 Å². The van der Waals surface area contributed by atoms with E-state index in [1.165, 1.54) is 4.90 Å². The zero-order chi connectivity index (χ0) is 27.7. The predicted octanol–water partition coefficient (Wildman–Crippen LogP) is 5.65. The van der Waals surface area contributed by atoms with Crippen molar-refractivity contribution in [3.05, 3.63) is 81.3 Å². The molecule has 10 heteroatoms. The fraction of sp³-hybridized carbons (Fsp3) is 0.310. The Morgan fingerprint density at radius 3 is 2.41 bits per heavy atom. The summed E-state index contributed by atoms with van der Waals surface area (Å²) < 4.78 is 7.47. The van der Waals surface area contributed by atoms with Gasteiger partial charge in [0, 0.05) is 30.5 Å². The lowest BCUT2D eigenvalue weighted by Gasteiger charge is -2.28. The molecule has 0 aliphatic carbocycles. The van der Waals surface area contributed by atoms with Crippen molar-refractivity contribution < 1.29 is 14.5 Å². The van der Waals surface area contributed by atoms with Crippen LogP contribution in [0.5, 0.6) is 5.75 Å². The van der Waals surface area contributed by atoms with Gasteiger partial charge in [0.2, 0.25) is 0 Å². The molecule has 0 atom stereocenters. The second-order valence-corrected chi connectivity index (χ2v) is 10.1. The highest BCUT2D eigenvalue weighted by atomic mass is 32.1. The number of ether oxygens (including phenoxy) is 1. The number of anilines is 2. The van der Waals surface area contributed by atoms with Crippen LogP contribution in [0.25, 0.3) is 11.8 Å². The molecule has 9 nitrogen and oxygen atoms in total. The number of hydrogen-bond donors (Lipinski definition) is 1. The summed E-state index contributed by atoms with van der Waals surface area (Å²) in [6.07, 6.45) is 5.01. The third-order valence-electron chi connectivity index (χ3n) is 7.16. The standard InChI is InChI=1S/C29H31N5O4S/c1-4-38-24-11-8-22(9-12-24)33-28(35)25(30-29(33)39)17-21-16-19(2)32(20(21)3)23-10-13-26(27(18-23)34(36)37)31-14-6-5-7-15-31/h8-13,16-18H,4-7,14-15H2,1-3H3,(H,30,39)/b25-17-. The van der Waals surface area contributed by atoms with E-state index in [0.29, 0.717) is 34.5 Å². The topological polar surface area (TPSA) is 92.9 Å². The number of carbonyl (C=O) groups excluding carboxylic acids is 1. The summed E-state index contributed by atoms with van der Waals surface area (Å²) in [4.78, 5) is 28.6. The molecule has 202 valence electrons. The van der Waals surface area contributed by atoms with E-state index in [9.17, 15) is 14.9 Å². The summed E-state index contributed by atoms with van der Waals surface area (Å²) >= 11 is 5.47. The number of thiocarbonyl (C=S) groups is 1. The Kier molecular flexibility index (Phi) is 7.38. The lowest BCUT2D eigenvalue weighted by atomic mass is 10.1. The zero-order valence-corrected chi connectivity index (χ0v) is 23.1. The van der Waals surface area contributed by atoms with Gasteiger partial charge in [0.05, 0.1) is 22.9 Å². The van der Waals surface area contributed by atoms with E-state index in [2.05, 4.69) is 10.2 Å². The SMILES string of the molecule is CCOc1ccc(N2C(=O)/C(=C/c3cc(C)n(-c4ccc(N5CCCCC5)c([N+](=O)[O-])c4)c3C)NC2=S)cc1. The number of benzene rings is 2. The Balaban J connectivity index is 1.45. The highest BCUT2D eigenvalue weighted by molar-refractivity contribution is 7.80. The molecule has 2 saturated heterocycles. The van der Waals surface area contributed by atoms with Gasteiger partial charge in [-0.1, -0.05) is 0 Å². The van der Waals surface area contributed by atoms with Crippen molar-refractivity contribution in [2.45, 2.75) is 40.0 Å². The number of hydrogen-bond acceptors (Lipinski definition) is 6. The van der Waals surface area contributed by atoms with Gasteiger partial charge in [-0.25, -0.2) is 0 Å². The van der Waals surface area contributed by atoms with Crippen LogP contribution in [0.4, 0.5) is 17.1 Å². The number of piperidine rings is 1. The van der Waals surface area contributed by atoms with Crippen LogP contribution in [0.15, 0.2) is 54.2 Å². The summed E-state index contributed by atoms with van der Waals surface area (Å²) in [5.41, 5.74) is 5.07. The molecule has 0 unspecified atom stereocenters. The van der Waals surface area contributed by atoms with Gasteiger partial charge in [0.1, 0.15) is 17.1 Å². The van der Waals surface area contributed by atoms with Gasteiger partial charge >= 0.3 is 0 Å². The molecule has 1 aromatic heterocycles. The zero-order valence-electron chi connectivity index (χ0n) is 22.3. The summed E-state index contributed by atoms with van der Waals surface area (Å²) in [5, 5.41) is 15.3. The number of amides is 1. The van der Waals surface area contributed by atoms with E-state index in [1.807, 2.05) is 43.5 Å². The summed E-state index contributed by atoms with van der Waals surface area (Å²) in [6, 6.07) is 14.6. The quantitative estimate of drug-likeness (QED) is 0.177. The highest BCUT2D eigenvalue weighted by Gasteiger charge is 2.32. The Morgan fingerprint density at radius 1 is 1.05 bits per heavy atom. The molecule has 1 amide bonds. The van der Waals surface area contributed by atoms with Gasteiger partial charge in [-0.3, -0.25) is 19.8 Å². The minimum atomic E-state index is -0.304. The molecular formula is C29H31N5O4S. The van der Waals surface area contributed by atoms with Crippen LogP contribution in [0.2, 0.25) is 0 Å². The lowest BCUT2D eigenvalue weighted by molar-refractivity contribution is -0.384. The molecule has 3 heterocycles.